The molecule has 0 saturated heterocycles. The number of nitrogens with two attached hydrogens (primary N) is 1. The highest BCUT2D eigenvalue weighted by molar-refractivity contribution is 7.92. The molecule has 0 amide bonds. The third-order valence-electron chi connectivity index (χ3n) is 5.49. The van der Waals surface area contributed by atoms with Crippen molar-refractivity contribution in [3.05, 3.63) is 59.2 Å². The molecule has 4 nitrogen and oxygen atoms in total. The van der Waals surface area contributed by atoms with Crippen LogP contribution in [0.2, 0.25) is 0 Å². The smallest absolute Gasteiger partial charge is 0.264 e. The molecule has 1 aliphatic heterocycles. The first-order valence-corrected chi connectivity index (χ1v) is 10.5. The van der Waals surface area contributed by atoms with Gasteiger partial charge < -0.3 is 5.73 Å². The Bertz CT molecular complexity index is 892. The van der Waals surface area contributed by atoms with E-state index in [-0.39, 0.29) is 0 Å². The first-order valence-electron chi connectivity index (χ1n) is 9.05. The molecule has 5 heteroatoms. The van der Waals surface area contributed by atoms with Gasteiger partial charge in [0.1, 0.15) is 0 Å². The van der Waals surface area contributed by atoms with Gasteiger partial charge in [0.2, 0.25) is 0 Å². The molecule has 0 radical (unpaired) electrons. The van der Waals surface area contributed by atoms with Crippen LogP contribution in [-0.4, -0.2) is 21.5 Å². The Labute approximate surface area is 149 Å². The molecule has 1 heterocycles. The molecule has 0 fully saturated rings. The molecule has 1 atom stereocenters. The summed E-state index contributed by atoms with van der Waals surface area (Å²) >= 11 is 0. The van der Waals surface area contributed by atoms with Crippen LogP contribution >= 0.6 is 0 Å². The first kappa shape index (κ1) is 16.6. The van der Waals surface area contributed by atoms with Gasteiger partial charge in [-0.1, -0.05) is 24.3 Å². The minimum Gasteiger partial charge on any atom is -0.330 e. The average molecular weight is 356 g/mol. The number of fused-ring (bicyclic) bond motifs is 2. The van der Waals surface area contributed by atoms with E-state index < -0.39 is 10.0 Å². The summed E-state index contributed by atoms with van der Waals surface area (Å²) in [6, 6.07) is 13.4. The lowest BCUT2D eigenvalue weighted by Gasteiger charge is -2.31. The number of hydrogen-bond donors (Lipinski definition) is 1. The lowest BCUT2D eigenvalue weighted by atomic mass is 9.83. The Morgan fingerprint density at radius 3 is 2.68 bits per heavy atom. The molecule has 1 unspecified atom stereocenters. The topological polar surface area (TPSA) is 63.4 Å². The number of benzene rings is 2. The summed E-state index contributed by atoms with van der Waals surface area (Å²) in [4.78, 5) is 0.403. The van der Waals surface area contributed by atoms with E-state index >= 15 is 0 Å². The van der Waals surface area contributed by atoms with Crippen molar-refractivity contribution >= 4 is 15.7 Å². The summed E-state index contributed by atoms with van der Waals surface area (Å²) in [5, 5.41) is 0. The van der Waals surface area contributed by atoms with Gasteiger partial charge in [0, 0.05) is 6.54 Å². The fourth-order valence-corrected chi connectivity index (χ4v) is 5.76. The van der Waals surface area contributed by atoms with Gasteiger partial charge in [-0.25, -0.2) is 8.42 Å². The van der Waals surface area contributed by atoms with E-state index in [9.17, 15) is 8.42 Å². The van der Waals surface area contributed by atoms with Crippen molar-refractivity contribution in [3.8, 4) is 0 Å². The van der Waals surface area contributed by atoms with Crippen molar-refractivity contribution in [3.63, 3.8) is 0 Å². The fraction of sp³-hybridized carbons (Fsp3) is 0.400. The van der Waals surface area contributed by atoms with Gasteiger partial charge in [-0.15, -0.1) is 0 Å². The van der Waals surface area contributed by atoms with Gasteiger partial charge >= 0.3 is 0 Å². The monoisotopic (exact) mass is 356 g/mol. The molecule has 2 aromatic carbocycles. The maximum Gasteiger partial charge on any atom is 0.264 e. The summed E-state index contributed by atoms with van der Waals surface area (Å²) in [7, 11) is -3.53. The molecular weight excluding hydrogens is 332 g/mol. The average Bonchev–Trinajstić information content (AvgIpc) is 2.66. The van der Waals surface area contributed by atoms with Crippen LogP contribution in [-0.2, 0) is 22.9 Å². The van der Waals surface area contributed by atoms with E-state index in [1.54, 1.807) is 10.4 Å². The van der Waals surface area contributed by atoms with Gasteiger partial charge in [0.15, 0.2) is 0 Å². The zero-order chi connectivity index (χ0) is 17.4. The molecule has 2 aromatic rings. The maximum absolute atomic E-state index is 13.3. The van der Waals surface area contributed by atoms with Crippen molar-refractivity contribution in [2.45, 2.75) is 42.9 Å². The van der Waals surface area contributed by atoms with E-state index in [1.165, 1.54) is 5.56 Å². The number of nitrogens with zero attached hydrogens (tertiary/aromatic N) is 1. The molecule has 0 saturated carbocycles. The molecule has 0 bridgehead atoms. The predicted octanol–water partition coefficient (Wildman–Crippen LogP) is 3.21. The normalized spacial score (nSPS) is 20.0. The van der Waals surface area contributed by atoms with E-state index in [1.807, 2.05) is 36.4 Å². The minimum atomic E-state index is -3.53. The number of rotatable bonds is 3. The van der Waals surface area contributed by atoms with Crippen LogP contribution in [0, 0.1) is 0 Å². The summed E-state index contributed by atoms with van der Waals surface area (Å²) < 4.78 is 28.2. The van der Waals surface area contributed by atoms with Crippen LogP contribution in [0.4, 0.5) is 5.69 Å². The number of para-hydroxylation sites is 1. The standard InChI is InChI=1S/C20H24N2O2S/c21-14-17-7-3-6-16-13-18(10-11-19(16)17)25(23,24)22-12-4-8-15-5-1-2-9-20(15)22/h1-2,5,9-11,13,17H,3-4,6-8,12,14,21H2. The number of sulfonamides is 1. The summed E-state index contributed by atoms with van der Waals surface area (Å²) in [5.74, 6) is 0.358. The molecule has 0 aromatic heterocycles. The molecule has 25 heavy (non-hydrogen) atoms. The van der Waals surface area contributed by atoms with Gasteiger partial charge in [-0.2, -0.15) is 0 Å². The van der Waals surface area contributed by atoms with Crippen LogP contribution in [0.5, 0.6) is 0 Å². The van der Waals surface area contributed by atoms with Crippen molar-refractivity contribution in [2.24, 2.45) is 5.73 Å². The van der Waals surface area contributed by atoms with Gasteiger partial charge in [-0.3, -0.25) is 4.31 Å². The van der Waals surface area contributed by atoms with Crippen molar-refractivity contribution in [2.75, 3.05) is 17.4 Å². The number of aryl methyl sites for hydroxylation is 2. The second-order valence-corrected chi connectivity index (χ2v) is 8.86. The molecule has 2 N–H and O–H groups in total. The highest BCUT2D eigenvalue weighted by Crippen LogP contribution is 2.35. The molecule has 2 aliphatic rings. The van der Waals surface area contributed by atoms with Crippen LogP contribution in [0.25, 0.3) is 0 Å². The number of anilines is 1. The fourth-order valence-electron chi connectivity index (χ4n) is 4.17. The third kappa shape index (κ3) is 2.85. The van der Waals surface area contributed by atoms with Gasteiger partial charge in [0.05, 0.1) is 10.6 Å². The van der Waals surface area contributed by atoms with Crippen molar-refractivity contribution in [1.29, 1.82) is 0 Å². The van der Waals surface area contributed by atoms with Crippen LogP contribution in [0.15, 0.2) is 47.4 Å². The lowest BCUT2D eigenvalue weighted by Crippen LogP contribution is -2.35. The van der Waals surface area contributed by atoms with Crippen molar-refractivity contribution in [1.82, 2.24) is 0 Å². The number of hydrogen-bond acceptors (Lipinski definition) is 3. The van der Waals surface area contributed by atoms with E-state index in [4.69, 9.17) is 5.73 Å². The van der Waals surface area contributed by atoms with E-state index in [0.29, 0.717) is 23.9 Å². The Hall–Kier alpha value is -1.85. The quantitative estimate of drug-likeness (QED) is 0.918. The van der Waals surface area contributed by atoms with E-state index in [0.717, 1.165) is 48.9 Å². The van der Waals surface area contributed by atoms with E-state index in [2.05, 4.69) is 0 Å². The van der Waals surface area contributed by atoms with Crippen LogP contribution in [0.3, 0.4) is 0 Å². The maximum atomic E-state index is 13.3. The van der Waals surface area contributed by atoms with Gasteiger partial charge in [0.25, 0.3) is 10.0 Å². The largest absolute Gasteiger partial charge is 0.330 e. The second kappa shape index (κ2) is 6.46. The zero-order valence-electron chi connectivity index (χ0n) is 14.3. The molecule has 0 spiro atoms. The first-order chi connectivity index (χ1) is 12.1. The SMILES string of the molecule is NCC1CCCc2cc(S(=O)(=O)N3CCCc4ccccc43)ccc21. The minimum absolute atomic E-state index is 0.358. The highest BCUT2D eigenvalue weighted by Gasteiger charge is 2.30. The summed E-state index contributed by atoms with van der Waals surface area (Å²) in [6.07, 6.45) is 4.90. The Balaban J connectivity index is 1.75. The second-order valence-electron chi connectivity index (χ2n) is 6.99. The zero-order valence-corrected chi connectivity index (χ0v) is 15.1. The third-order valence-corrected chi connectivity index (χ3v) is 7.30. The summed E-state index contributed by atoms with van der Waals surface area (Å²) in [5.41, 5.74) is 10.2. The van der Waals surface area contributed by atoms with Crippen molar-refractivity contribution < 1.29 is 8.42 Å². The lowest BCUT2D eigenvalue weighted by molar-refractivity contribution is 0.558. The van der Waals surface area contributed by atoms with Crippen LogP contribution in [0.1, 0.15) is 41.9 Å². The predicted molar refractivity (Wildman–Crippen MR) is 100 cm³/mol. The van der Waals surface area contributed by atoms with Gasteiger partial charge in [-0.05, 0) is 79.5 Å². The Morgan fingerprint density at radius 2 is 1.84 bits per heavy atom. The Kier molecular flexibility index (Phi) is 4.29. The Morgan fingerprint density at radius 1 is 1.04 bits per heavy atom. The molecule has 4 rings (SSSR count). The van der Waals surface area contributed by atoms with Crippen LogP contribution < -0.4 is 10.0 Å². The highest BCUT2D eigenvalue weighted by atomic mass is 32.2. The molecule has 1 aliphatic carbocycles. The molecule has 132 valence electrons. The molecular formula is C20H24N2O2S. The summed E-state index contributed by atoms with van der Waals surface area (Å²) in [6.45, 7) is 1.17.